The van der Waals surface area contributed by atoms with Gasteiger partial charge in [-0.1, -0.05) is 19.8 Å². The van der Waals surface area contributed by atoms with Gasteiger partial charge in [0.25, 0.3) is 0 Å². The van der Waals surface area contributed by atoms with Crippen LogP contribution in [0.5, 0.6) is 0 Å². The molecule has 1 rings (SSSR count). The Kier molecular flexibility index (Phi) is 5.77. The lowest BCUT2D eigenvalue weighted by Crippen LogP contribution is -2.51. The van der Waals surface area contributed by atoms with Crippen LogP contribution in [0.4, 0.5) is 0 Å². The first kappa shape index (κ1) is 13.5. The summed E-state index contributed by atoms with van der Waals surface area (Å²) in [6, 6.07) is -0.138. The van der Waals surface area contributed by atoms with Crippen molar-refractivity contribution in [3.05, 3.63) is 0 Å². The third-order valence-electron chi connectivity index (χ3n) is 3.14. The fourth-order valence-electron chi connectivity index (χ4n) is 2.10. The van der Waals surface area contributed by atoms with Crippen LogP contribution in [0.2, 0.25) is 0 Å². The molecule has 94 valence electrons. The van der Waals surface area contributed by atoms with E-state index in [-0.39, 0.29) is 24.1 Å². The van der Waals surface area contributed by atoms with Gasteiger partial charge in [-0.05, 0) is 26.2 Å². The Morgan fingerprint density at radius 2 is 2.12 bits per heavy atom. The van der Waals surface area contributed by atoms with Crippen molar-refractivity contribution in [1.29, 1.82) is 0 Å². The first-order valence-corrected chi connectivity index (χ1v) is 6.37. The fraction of sp³-hybridized carbons (Fsp3) is 0.917. The second kappa shape index (κ2) is 6.86. The Balaban J connectivity index is 2.31. The molecular formula is C12H24N2O2. The van der Waals surface area contributed by atoms with Gasteiger partial charge in [-0.25, -0.2) is 0 Å². The van der Waals surface area contributed by atoms with Gasteiger partial charge in [0.15, 0.2) is 0 Å². The largest absolute Gasteiger partial charge is 0.392 e. The molecule has 0 aromatic heterocycles. The highest BCUT2D eigenvalue weighted by Crippen LogP contribution is 2.18. The van der Waals surface area contributed by atoms with E-state index in [9.17, 15) is 9.90 Å². The van der Waals surface area contributed by atoms with Crippen LogP contribution in [-0.2, 0) is 4.79 Å². The molecule has 0 bridgehead atoms. The highest BCUT2D eigenvalue weighted by atomic mass is 16.3. The van der Waals surface area contributed by atoms with Crippen LogP contribution in [0, 0.1) is 0 Å². The smallest absolute Gasteiger partial charge is 0.236 e. The Labute approximate surface area is 97.8 Å². The van der Waals surface area contributed by atoms with Gasteiger partial charge in [-0.3, -0.25) is 4.79 Å². The maximum atomic E-state index is 11.6. The zero-order chi connectivity index (χ0) is 12.0. The van der Waals surface area contributed by atoms with E-state index in [0.29, 0.717) is 0 Å². The lowest BCUT2D eigenvalue weighted by Gasteiger charge is -2.30. The van der Waals surface area contributed by atoms with Crippen LogP contribution in [0.1, 0.15) is 46.0 Å². The van der Waals surface area contributed by atoms with E-state index in [2.05, 4.69) is 10.6 Å². The average molecular weight is 228 g/mol. The van der Waals surface area contributed by atoms with Crippen molar-refractivity contribution in [2.24, 2.45) is 0 Å². The van der Waals surface area contributed by atoms with Gasteiger partial charge in [-0.15, -0.1) is 0 Å². The van der Waals surface area contributed by atoms with Gasteiger partial charge >= 0.3 is 0 Å². The maximum Gasteiger partial charge on any atom is 0.236 e. The molecule has 4 heteroatoms. The van der Waals surface area contributed by atoms with E-state index in [0.717, 1.165) is 38.6 Å². The predicted molar refractivity (Wildman–Crippen MR) is 64.2 cm³/mol. The van der Waals surface area contributed by atoms with E-state index in [4.69, 9.17) is 0 Å². The summed E-state index contributed by atoms with van der Waals surface area (Å²) in [6.45, 7) is 4.60. The molecule has 1 amide bonds. The van der Waals surface area contributed by atoms with Crippen molar-refractivity contribution in [3.63, 3.8) is 0 Å². The second-order valence-corrected chi connectivity index (χ2v) is 4.64. The van der Waals surface area contributed by atoms with E-state index < -0.39 is 0 Å². The zero-order valence-electron chi connectivity index (χ0n) is 10.3. The summed E-state index contributed by atoms with van der Waals surface area (Å²) in [5.74, 6) is 0.0274. The van der Waals surface area contributed by atoms with Crippen molar-refractivity contribution in [2.75, 3.05) is 6.54 Å². The van der Waals surface area contributed by atoms with Gasteiger partial charge in [0.05, 0.1) is 12.1 Å². The van der Waals surface area contributed by atoms with Crippen molar-refractivity contribution in [3.8, 4) is 0 Å². The summed E-state index contributed by atoms with van der Waals surface area (Å²) in [5.41, 5.74) is 0. The van der Waals surface area contributed by atoms with Crippen LogP contribution in [0.25, 0.3) is 0 Å². The van der Waals surface area contributed by atoms with Gasteiger partial charge < -0.3 is 15.7 Å². The molecule has 1 aliphatic carbocycles. The zero-order valence-corrected chi connectivity index (χ0v) is 10.3. The molecule has 0 radical (unpaired) electrons. The first-order valence-electron chi connectivity index (χ1n) is 6.37. The number of aliphatic hydroxyl groups is 1. The number of hydrogen-bond donors (Lipinski definition) is 3. The lowest BCUT2D eigenvalue weighted by atomic mass is 9.92. The van der Waals surface area contributed by atoms with Gasteiger partial charge in [0.2, 0.25) is 5.91 Å². The topological polar surface area (TPSA) is 61.4 Å². The molecule has 16 heavy (non-hydrogen) atoms. The van der Waals surface area contributed by atoms with Gasteiger partial charge in [0.1, 0.15) is 0 Å². The van der Waals surface area contributed by atoms with E-state index in [1.807, 2.05) is 13.8 Å². The molecule has 4 nitrogen and oxygen atoms in total. The van der Waals surface area contributed by atoms with E-state index in [1.54, 1.807) is 0 Å². The third-order valence-corrected chi connectivity index (χ3v) is 3.14. The standard InChI is InChI=1S/C12H24N2O2/c1-3-8-13-12(16)9(2)14-10-6-4-5-7-11(10)15/h9-11,14-15H,3-8H2,1-2H3,(H,13,16)/t9?,10-,11-/m0/s1. The second-order valence-electron chi connectivity index (χ2n) is 4.64. The summed E-state index contributed by atoms with van der Waals surface area (Å²) < 4.78 is 0. The van der Waals surface area contributed by atoms with Gasteiger partial charge in [0, 0.05) is 12.6 Å². The number of rotatable bonds is 5. The monoisotopic (exact) mass is 228 g/mol. The average Bonchev–Trinajstić information content (AvgIpc) is 2.28. The van der Waals surface area contributed by atoms with E-state index >= 15 is 0 Å². The minimum absolute atomic E-state index is 0.0274. The van der Waals surface area contributed by atoms with Crippen LogP contribution >= 0.6 is 0 Å². The number of carbonyl (C=O) groups is 1. The Morgan fingerprint density at radius 3 is 2.75 bits per heavy atom. The summed E-state index contributed by atoms with van der Waals surface area (Å²) in [4.78, 5) is 11.6. The van der Waals surface area contributed by atoms with Crippen molar-refractivity contribution >= 4 is 5.91 Å². The molecule has 1 saturated carbocycles. The Hall–Kier alpha value is -0.610. The van der Waals surface area contributed by atoms with Crippen LogP contribution < -0.4 is 10.6 Å². The van der Waals surface area contributed by atoms with Crippen molar-refractivity contribution in [1.82, 2.24) is 10.6 Å². The highest BCUT2D eigenvalue weighted by molar-refractivity contribution is 5.81. The molecule has 3 atom stereocenters. The molecule has 0 aromatic rings. The summed E-state index contributed by atoms with van der Waals surface area (Å²) >= 11 is 0. The van der Waals surface area contributed by atoms with Gasteiger partial charge in [-0.2, -0.15) is 0 Å². The quantitative estimate of drug-likeness (QED) is 0.652. The Morgan fingerprint density at radius 1 is 1.44 bits per heavy atom. The fourth-order valence-corrected chi connectivity index (χ4v) is 2.10. The molecule has 1 fully saturated rings. The van der Waals surface area contributed by atoms with Crippen molar-refractivity contribution in [2.45, 2.75) is 64.1 Å². The minimum Gasteiger partial charge on any atom is -0.392 e. The molecule has 3 N–H and O–H groups in total. The number of aliphatic hydroxyl groups excluding tert-OH is 1. The molecule has 0 saturated heterocycles. The number of amides is 1. The summed E-state index contributed by atoms with van der Waals surface area (Å²) in [7, 11) is 0. The molecule has 0 spiro atoms. The molecule has 1 unspecified atom stereocenters. The number of carbonyl (C=O) groups excluding carboxylic acids is 1. The molecule has 1 aliphatic rings. The summed E-state index contributed by atoms with van der Waals surface area (Å²) in [5, 5.41) is 15.9. The predicted octanol–water partition coefficient (Wildman–Crippen LogP) is 0.794. The number of nitrogens with one attached hydrogen (secondary N) is 2. The SMILES string of the molecule is CCCNC(=O)C(C)N[C@H]1CCCC[C@@H]1O. The highest BCUT2D eigenvalue weighted by Gasteiger charge is 2.25. The lowest BCUT2D eigenvalue weighted by molar-refractivity contribution is -0.123. The van der Waals surface area contributed by atoms with Crippen LogP contribution in [0.3, 0.4) is 0 Å². The first-order chi connectivity index (χ1) is 7.65. The summed E-state index contributed by atoms with van der Waals surface area (Å²) in [6.07, 6.45) is 4.70. The molecule has 0 aliphatic heterocycles. The normalized spacial score (nSPS) is 27.4. The molecular weight excluding hydrogens is 204 g/mol. The molecule has 0 aromatic carbocycles. The van der Waals surface area contributed by atoms with Crippen LogP contribution in [0.15, 0.2) is 0 Å². The number of hydrogen-bond acceptors (Lipinski definition) is 3. The third kappa shape index (κ3) is 4.10. The maximum absolute atomic E-state index is 11.6. The van der Waals surface area contributed by atoms with E-state index in [1.165, 1.54) is 0 Å². The molecule has 0 heterocycles. The Bertz CT molecular complexity index is 221. The van der Waals surface area contributed by atoms with Crippen LogP contribution in [-0.4, -0.2) is 35.7 Å². The minimum atomic E-state index is -0.296. The van der Waals surface area contributed by atoms with Crippen molar-refractivity contribution < 1.29 is 9.90 Å².